The Balaban J connectivity index is 1.78. The van der Waals surface area contributed by atoms with E-state index in [4.69, 9.17) is 9.15 Å². The van der Waals surface area contributed by atoms with E-state index < -0.39 is 26.9 Å². The van der Waals surface area contributed by atoms with Gasteiger partial charge in [-0.2, -0.15) is 8.42 Å². The number of esters is 1. The summed E-state index contributed by atoms with van der Waals surface area (Å²) in [6.07, 6.45) is -0.0754. The van der Waals surface area contributed by atoms with Crippen LogP contribution in [-0.4, -0.2) is 46.8 Å². The molecule has 0 saturated carbocycles. The molecule has 0 amide bonds. The Morgan fingerprint density at radius 1 is 1.21 bits per heavy atom. The highest BCUT2D eigenvalue weighted by Gasteiger charge is 2.25. The summed E-state index contributed by atoms with van der Waals surface area (Å²) < 4.78 is 56.8. The fraction of sp³-hybridized carbons (Fsp3) is 0.389. The first-order valence-corrected chi connectivity index (χ1v) is 10.1. The summed E-state index contributed by atoms with van der Waals surface area (Å²) in [4.78, 5) is 13.3. The number of hydrogen-bond donors (Lipinski definition) is 1. The molecule has 8 nitrogen and oxygen atoms in total. The van der Waals surface area contributed by atoms with Crippen molar-refractivity contribution in [3.63, 3.8) is 0 Å². The second kappa shape index (κ2) is 7.80. The van der Waals surface area contributed by atoms with Gasteiger partial charge < -0.3 is 18.8 Å². The summed E-state index contributed by atoms with van der Waals surface area (Å²) in [6.45, 7) is 4.90. The van der Waals surface area contributed by atoms with Gasteiger partial charge in [-0.25, -0.2) is 9.18 Å². The number of halogens is 1. The summed E-state index contributed by atoms with van der Waals surface area (Å²) in [6, 6.07) is 6.38. The monoisotopic (exact) mass is 412 g/mol. The Morgan fingerprint density at radius 3 is 2.50 bits per heavy atom. The molecule has 2 atom stereocenters. The summed E-state index contributed by atoms with van der Waals surface area (Å²) in [7, 11) is -2.98. The predicted molar refractivity (Wildman–Crippen MR) is 99.5 cm³/mol. The zero-order valence-electron chi connectivity index (χ0n) is 15.6. The van der Waals surface area contributed by atoms with E-state index in [1.807, 2.05) is 18.7 Å². The number of benzene rings is 1. The Bertz CT molecular complexity index is 964. The third kappa shape index (κ3) is 4.28. The first-order chi connectivity index (χ1) is 13.2. The van der Waals surface area contributed by atoms with Crippen LogP contribution in [0, 0.1) is 5.82 Å². The van der Waals surface area contributed by atoms with Crippen LogP contribution in [0.3, 0.4) is 0 Å². The average Bonchev–Trinajstić information content (AvgIpc) is 3.11. The minimum absolute atomic E-state index is 0.0339. The van der Waals surface area contributed by atoms with Gasteiger partial charge in [-0.3, -0.25) is 4.72 Å². The highest BCUT2D eigenvalue weighted by molar-refractivity contribution is 7.92. The van der Waals surface area contributed by atoms with Crippen molar-refractivity contribution in [2.24, 2.45) is 0 Å². The normalized spacial score (nSPS) is 20.1. The first-order valence-electron chi connectivity index (χ1n) is 8.60. The maximum Gasteiger partial charge on any atom is 0.374 e. The van der Waals surface area contributed by atoms with Crippen LogP contribution in [0.25, 0.3) is 0 Å². The zero-order valence-corrected chi connectivity index (χ0v) is 16.5. The van der Waals surface area contributed by atoms with Crippen molar-refractivity contribution in [1.82, 2.24) is 0 Å². The van der Waals surface area contributed by atoms with Gasteiger partial charge in [0.1, 0.15) is 5.82 Å². The minimum atomic E-state index is -4.13. The molecule has 1 saturated heterocycles. The van der Waals surface area contributed by atoms with Crippen LogP contribution in [0.15, 0.2) is 39.8 Å². The molecule has 1 aliphatic heterocycles. The van der Waals surface area contributed by atoms with Gasteiger partial charge in [-0.15, -0.1) is 0 Å². The quantitative estimate of drug-likeness (QED) is 0.754. The van der Waals surface area contributed by atoms with E-state index >= 15 is 0 Å². The van der Waals surface area contributed by atoms with Gasteiger partial charge in [0.15, 0.2) is 0 Å². The molecule has 28 heavy (non-hydrogen) atoms. The summed E-state index contributed by atoms with van der Waals surface area (Å²) in [5, 5.41) is -0.479. The Kier molecular flexibility index (Phi) is 5.61. The molecule has 0 unspecified atom stereocenters. The highest BCUT2D eigenvalue weighted by atomic mass is 32.2. The third-order valence-corrected chi connectivity index (χ3v) is 5.45. The van der Waals surface area contributed by atoms with Crippen LogP contribution in [-0.2, 0) is 19.5 Å². The van der Waals surface area contributed by atoms with Crippen LogP contribution in [0.4, 0.5) is 15.8 Å². The smallest absolute Gasteiger partial charge is 0.374 e. The van der Waals surface area contributed by atoms with Crippen molar-refractivity contribution in [2.45, 2.75) is 31.1 Å². The molecular weight excluding hydrogens is 391 g/mol. The van der Waals surface area contributed by atoms with Crippen molar-refractivity contribution in [3.8, 4) is 0 Å². The third-order valence-electron chi connectivity index (χ3n) is 4.19. The lowest BCUT2D eigenvalue weighted by atomic mass is 10.2. The molecule has 2 heterocycles. The number of rotatable bonds is 5. The molecule has 3 rings (SSSR count). The second-order valence-corrected chi connectivity index (χ2v) is 8.16. The SMILES string of the molecule is COC(=O)c1ccc(S(=O)(=O)Nc2ccc(N3C[C@@H](C)O[C@@H](C)C3)c(F)c2)o1. The van der Waals surface area contributed by atoms with Crippen LogP contribution >= 0.6 is 0 Å². The number of hydrogen-bond acceptors (Lipinski definition) is 7. The Labute approximate surface area is 162 Å². The fourth-order valence-corrected chi connectivity index (χ4v) is 4.07. The molecule has 1 fully saturated rings. The summed E-state index contributed by atoms with van der Waals surface area (Å²) >= 11 is 0. The van der Waals surface area contributed by atoms with Crippen molar-refractivity contribution in [3.05, 3.63) is 41.9 Å². The van der Waals surface area contributed by atoms with Gasteiger partial charge >= 0.3 is 5.97 Å². The number of methoxy groups -OCH3 is 1. The number of sulfonamides is 1. The molecule has 0 aliphatic carbocycles. The van der Waals surface area contributed by atoms with Gasteiger partial charge in [-0.1, -0.05) is 0 Å². The molecular formula is C18H21FN2O6S. The molecule has 152 valence electrons. The van der Waals surface area contributed by atoms with Crippen LogP contribution in [0.5, 0.6) is 0 Å². The number of carbonyl (C=O) groups excluding carboxylic acids is 1. The number of carbonyl (C=O) groups is 1. The van der Waals surface area contributed by atoms with Crippen molar-refractivity contribution < 1.29 is 31.5 Å². The largest absolute Gasteiger partial charge is 0.463 e. The van der Waals surface area contributed by atoms with Crippen LogP contribution in [0.1, 0.15) is 24.4 Å². The maximum absolute atomic E-state index is 14.6. The number of anilines is 2. The number of furan rings is 1. The van der Waals surface area contributed by atoms with E-state index in [-0.39, 0.29) is 23.7 Å². The van der Waals surface area contributed by atoms with Gasteiger partial charge in [0.25, 0.3) is 10.0 Å². The predicted octanol–water partition coefficient (Wildman–Crippen LogP) is 2.62. The van der Waals surface area contributed by atoms with E-state index in [1.165, 1.54) is 18.2 Å². The molecule has 1 aromatic heterocycles. The molecule has 1 aromatic carbocycles. The molecule has 0 bridgehead atoms. The van der Waals surface area contributed by atoms with E-state index in [2.05, 4.69) is 9.46 Å². The molecule has 1 aliphatic rings. The number of morpholine rings is 1. The van der Waals surface area contributed by atoms with E-state index in [1.54, 1.807) is 0 Å². The molecule has 0 radical (unpaired) electrons. The van der Waals surface area contributed by atoms with Crippen LogP contribution < -0.4 is 9.62 Å². The van der Waals surface area contributed by atoms with E-state index in [0.717, 1.165) is 19.2 Å². The van der Waals surface area contributed by atoms with Crippen molar-refractivity contribution in [1.29, 1.82) is 0 Å². The molecule has 10 heteroatoms. The lowest BCUT2D eigenvalue weighted by Crippen LogP contribution is -2.45. The number of ether oxygens (including phenoxy) is 2. The molecule has 2 aromatic rings. The topological polar surface area (TPSA) is 98.1 Å². The van der Waals surface area contributed by atoms with Crippen LogP contribution in [0.2, 0.25) is 0 Å². The Morgan fingerprint density at radius 2 is 1.89 bits per heavy atom. The number of nitrogens with one attached hydrogen (secondary N) is 1. The zero-order chi connectivity index (χ0) is 20.5. The van der Waals surface area contributed by atoms with Gasteiger partial charge in [0.2, 0.25) is 10.9 Å². The van der Waals surface area contributed by atoms with Gasteiger partial charge in [0, 0.05) is 19.2 Å². The molecule has 1 N–H and O–H groups in total. The highest BCUT2D eigenvalue weighted by Crippen LogP contribution is 2.27. The molecule has 0 spiro atoms. The Hall–Kier alpha value is -2.59. The standard InChI is InChI=1S/C18H21FN2O6S/c1-11-9-21(10-12(2)26-11)15-5-4-13(8-14(15)19)20-28(23,24)17-7-6-16(27-17)18(22)25-3/h4-8,11-12,20H,9-10H2,1-3H3/t11-,12+. The maximum atomic E-state index is 14.6. The van der Waals surface area contributed by atoms with Gasteiger partial charge in [-0.05, 0) is 38.1 Å². The minimum Gasteiger partial charge on any atom is -0.463 e. The summed E-state index contributed by atoms with van der Waals surface area (Å²) in [5.74, 6) is -1.61. The van der Waals surface area contributed by atoms with E-state index in [9.17, 15) is 17.6 Å². The first kappa shape index (κ1) is 20.2. The van der Waals surface area contributed by atoms with Crippen molar-refractivity contribution in [2.75, 3.05) is 29.8 Å². The average molecular weight is 412 g/mol. The van der Waals surface area contributed by atoms with Crippen molar-refractivity contribution >= 4 is 27.4 Å². The second-order valence-electron chi connectivity index (χ2n) is 6.54. The van der Waals surface area contributed by atoms with Gasteiger partial charge in [0.05, 0.1) is 30.7 Å². The number of nitrogens with zero attached hydrogens (tertiary/aromatic N) is 1. The fourth-order valence-electron chi connectivity index (χ4n) is 3.08. The van der Waals surface area contributed by atoms with E-state index in [0.29, 0.717) is 18.8 Å². The lowest BCUT2D eigenvalue weighted by molar-refractivity contribution is -0.00539. The summed E-state index contributed by atoms with van der Waals surface area (Å²) in [5.41, 5.74) is 0.405. The lowest BCUT2D eigenvalue weighted by Gasteiger charge is -2.37.